The molecule has 0 fully saturated rings. The van der Waals surface area contributed by atoms with E-state index in [1.165, 1.54) is 7.11 Å². The standard InChI is InChI=1S/C17H27NO3/c1-5-21-12-16(13(2)3)18-11-15(17(19)20-4)14-9-7-6-8-10-14/h6-10,13,15-16,18H,5,11-12H2,1-4H3. The molecule has 0 amide bonds. The van der Waals surface area contributed by atoms with Gasteiger partial charge in [0.15, 0.2) is 0 Å². The van der Waals surface area contributed by atoms with Crippen molar-refractivity contribution in [3.05, 3.63) is 35.9 Å². The highest BCUT2D eigenvalue weighted by atomic mass is 16.5. The van der Waals surface area contributed by atoms with Gasteiger partial charge in [-0.1, -0.05) is 44.2 Å². The molecule has 1 rings (SSSR count). The molecule has 21 heavy (non-hydrogen) atoms. The number of rotatable bonds is 9. The second kappa shape index (κ2) is 9.53. The number of esters is 1. The zero-order chi connectivity index (χ0) is 15.7. The highest BCUT2D eigenvalue weighted by molar-refractivity contribution is 5.78. The molecule has 0 saturated carbocycles. The average Bonchev–Trinajstić information content (AvgIpc) is 2.50. The second-order valence-corrected chi connectivity index (χ2v) is 5.40. The predicted octanol–water partition coefficient (Wildman–Crippen LogP) is 2.59. The number of hydrogen-bond acceptors (Lipinski definition) is 4. The SMILES string of the molecule is CCOCC(NCC(C(=O)OC)c1ccccc1)C(C)C. The van der Waals surface area contributed by atoms with Gasteiger partial charge in [0.25, 0.3) is 0 Å². The van der Waals surface area contributed by atoms with E-state index in [0.29, 0.717) is 25.7 Å². The molecule has 2 atom stereocenters. The zero-order valence-corrected chi connectivity index (χ0v) is 13.5. The summed E-state index contributed by atoms with van der Waals surface area (Å²) in [4.78, 5) is 12.0. The lowest BCUT2D eigenvalue weighted by atomic mass is 9.97. The molecule has 1 N–H and O–H groups in total. The van der Waals surface area contributed by atoms with Crippen molar-refractivity contribution in [2.45, 2.75) is 32.7 Å². The maximum absolute atomic E-state index is 12.0. The van der Waals surface area contributed by atoms with Gasteiger partial charge in [-0.05, 0) is 18.4 Å². The van der Waals surface area contributed by atoms with Crippen LogP contribution >= 0.6 is 0 Å². The van der Waals surface area contributed by atoms with Gasteiger partial charge in [-0.25, -0.2) is 0 Å². The molecule has 0 heterocycles. The van der Waals surface area contributed by atoms with Crippen LogP contribution in [0.2, 0.25) is 0 Å². The Balaban J connectivity index is 2.70. The molecular formula is C17H27NO3. The summed E-state index contributed by atoms with van der Waals surface area (Å²) in [7, 11) is 1.43. The first-order valence-electron chi connectivity index (χ1n) is 7.54. The average molecular weight is 293 g/mol. The van der Waals surface area contributed by atoms with Gasteiger partial charge >= 0.3 is 5.97 Å². The summed E-state index contributed by atoms with van der Waals surface area (Å²) in [5.41, 5.74) is 0.968. The van der Waals surface area contributed by atoms with E-state index in [4.69, 9.17) is 9.47 Å². The summed E-state index contributed by atoms with van der Waals surface area (Å²) in [5.74, 6) is -0.0719. The van der Waals surface area contributed by atoms with Crippen molar-refractivity contribution >= 4 is 5.97 Å². The van der Waals surface area contributed by atoms with Gasteiger partial charge in [0.05, 0.1) is 19.6 Å². The Kier molecular flexibility index (Phi) is 8.01. The van der Waals surface area contributed by atoms with Gasteiger partial charge in [-0.15, -0.1) is 0 Å². The molecule has 0 aliphatic heterocycles. The van der Waals surface area contributed by atoms with E-state index in [1.54, 1.807) is 0 Å². The summed E-state index contributed by atoms with van der Waals surface area (Å²) in [6.07, 6.45) is 0. The fraction of sp³-hybridized carbons (Fsp3) is 0.588. The summed E-state index contributed by atoms with van der Waals surface area (Å²) in [6.45, 7) is 8.17. The van der Waals surface area contributed by atoms with Crippen molar-refractivity contribution in [2.75, 3.05) is 26.9 Å². The number of carbonyl (C=O) groups is 1. The van der Waals surface area contributed by atoms with Crippen LogP contribution in [0.4, 0.5) is 0 Å². The molecule has 0 aromatic heterocycles. The lowest BCUT2D eigenvalue weighted by Crippen LogP contribution is -2.41. The van der Waals surface area contributed by atoms with E-state index in [2.05, 4.69) is 19.2 Å². The third kappa shape index (κ3) is 5.86. The van der Waals surface area contributed by atoms with Crippen molar-refractivity contribution in [3.8, 4) is 0 Å². The fourth-order valence-electron chi connectivity index (χ4n) is 2.17. The molecule has 1 aromatic rings. The molecule has 118 valence electrons. The van der Waals surface area contributed by atoms with Crippen LogP contribution in [0.5, 0.6) is 0 Å². The summed E-state index contributed by atoms with van der Waals surface area (Å²) in [5, 5.41) is 3.44. The molecular weight excluding hydrogens is 266 g/mol. The Bertz CT molecular complexity index is 406. The predicted molar refractivity (Wildman–Crippen MR) is 84.3 cm³/mol. The minimum atomic E-state index is -0.293. The van der Waals surface area contributed by atoms with Crippen molar-refractivity contribution in [1.29, 1.82) is 0 Å². The Hall–Kier alpha value is -1.39. The Morgan fingerprint density at radius 2 is 1.90 bits per heavy atom. The second-order valence-electron chi connectivity index (χ2n) is 5.40. The largest absolute Gasteiger partial charge is 0.469 e. The van der Waals surface area contributed by atoms with Crippen LogP contribution in [-0.4, -0.2) is 38.9 Å². The number of methoxy groups -OCH3 is 1. The van der Waals surface area contributed by atoms with Crippen molar-refractivity contribution < 1.29 is 14.3 Å². The van der Waals surface area contributed by atoms with Crippen LogP contribution in [0.3, 0.4) is 0 Å². The van der Waals surface area contributed by atoms with Gasteiger partial charge in [0.2, 0.25) is 0 Å². The van der Waals surface area contributed by atoms with E-state index in [-0.39, 0.29) is 17.9 Å². The van der Waals surface area contributed by atoms with Crippen LogP contribution in [0.1, 0.15) is 32.3 Å². The molecule has 0 aliphatic carbocycles. The first-order chi connectivity index (χ1) is 10.1. The smallest absolute Gasteiger partial charge is 0.314 e. The van der Waals surface area contributed by atoms with Crippen molar-refractivity contribution in [3.63, 3.8) is 0 Å². The van der Waals surface area contributed by atoms with Gasteiger partial charge in [-0.3, -0.25) is 4.79 Å². The quantitative estimate of drug-likeness (QED) is 0.711. The number of carbonyl (C=O) groups excluding carboxylic acids is 1. The van der Waals surface area contributed by atoms with Crippen molar-refractivity contribution in [2.24, 2.45) is 5.92 Å². The summed E-state index contributed by atoms with van der Waals surface area (Å²) < 4.78 is 10.4. The molecule has 0 saturated heterocycles. The third-order valence-corrected chi connectivity index (χ3v) is 3.58. The zero-order valence-electron chi connectivity index (χ0n) is 13.5. The Morgan fingerprint density at radius 3 is 2.43 bits per heavy atom. The molecule has 2 unspecified atom stereocenters. The van der Waals surface area contributed by atoms with Gasteiger partial charge < -0.3 is 14.8 Å². The summed E-state index contributed by atoms with van der Waals surface area (Å²) in [6, 6.07) is 9.95. The summed E-state index contributed by atoms with van der Waals surface area (Å²) >= 11 is 0. The van der Waals surface area contributed by atoms with E-state index >= 15 is 0 Å². The third-order valence-electron chi connectivity index (χ3n) is 3.58. The van der Waals surface area contributed by atoms with Crippen LogP contribution < -0.4 is 5.32 Å². The number of nitrogens with one attached hydrogen (secondary N) is 1. The monoisotopic (exact) mass is 293 g/mol. The van der Waals surface area contributed by atoms with E-state index in [0.717, 1.165) is 5.56 Å². The lowest BCUT2D eigenvalue weighted by Gasteiger charge is -2.25. The van der Waals surface area contributed by atoms with E-state index in [1.807, 2.05) is 37.3 Å². The van der Waals surface area contributed by atoms with Gasteiger partial charge in [0, 0.05) is 19.2 Å². The first-order valence-corrected chi connectivity index (χ1v) is 7.54. The minimum Gasteiger partial charge on any atom is -0.469 e. The van der Waals surface area contributed by atoms with E-state index in [9.17, 15) is 4.79 Å². The molecule has 4 heteroatoms. The van der Waals surface area contributed by atoms with Crippen LogP contribution in [-0.2, 0) is 14.3 Å². The maximum Gasteiger partial charge on any atom is 0.314 e. The molecule has 4 nitrogen and oxygen atoms in total. The molecule has 0 aliphatic rings. The lowest BCUT2D eigenvalue weighted by molar-refractivity contribution is -0.142. The number of ether oxygens (including phenoxy) is 2. The minimum absolute atomic E-state index is 0.215. The topological polar surface area (TPSA) is 47.6 Å². The first kappa shape index (κ1) is 17.7. The molecule has 0 spiro atoms. The molecule has 0 bridgehead atoms. The normalized spacial score (nSPS) is 14.0. The van der Waals surface area contributed by atoms with Gasteiger partial charge in [-0.2, -0.15) is 0 Å². The molecule has 0 radical (unpaired) electrons. The maximum atomic E-state index is 12.0. The Morgan fingerprint density at radius 1 is 1.24 bits per heavy atom. The Labute approximate surface area is 127 Å². The number of benzene rings is 1. The van der Waals surface area contributed by atoms with Gasteiger partial charge in [0.1, 0.15) is 0 Å². The number of hydrogen-bond donors (Lipinski definition) is 1. The highest BCUT2D eigenvalue weighted by Gasteiger charge is 2.23. The van der Waals surface area contributed by atoms with E-state index < -0.39 is 0 Å². The van der Waals surface area contributed by atoms with Crippen LogP contribution in [0.25, 0.3) is 0 Å². The molecule has 1 aromatic carbocycles. The van der Waals surface area contributed by atoms with Crippen LogP contribution in [0, 0.1) is 5.92 Å². The van der Waals surface area contributed by atoms with Crippen LogP contribution in [0.15, 0.2) is 30.3 Å². The fourth-order valence-corrected chi connectivity index (χ4v) is 2.17. The highest BCUT2D eigenvalue weighted by Crippen LogP contribution is 2.17. The van der Waals surface area contributed by atoms with Crippen molar-refractivity contribution in [1.82, 2.24) is 5.32 Å².